The van der Waals surface area contributed by atoms with Gasteiger partial charge in [0.2, 0.25) is 0 Å². The zero-order valence-corrected chi connectivity index (χ0v) is 17.8. The highest BCUT2D eigenvalue weighted by atomic mass is 19.4. The standard InChI is InChI=1S/C26H26F3NO/c1-17(2)16-19-8-10-20(11-9-19)18(3)30-25(31)24-7-5-4-6-23(24)21-12-14-22(15-13-21)26(27,28)29/h4-15,17-18H,16H2,1-3H3,(H,30,31). The third-order valence-electron chi connectivity index (χ3n) is 5.17. The molecule has 0 aliphatic heterocycles. The number of rotatable bonds is 6. The number of hydrogen-bond donors (Lipinski definition) is 1. The summed E-state index contributed by atoms with van der Waals surface area (Å²) >= 11 is 0. The third kappa shape index (κ3) is 5.75. The van der Waals surface area contributed by atoms with Crippen LogP contribution in [0.4, 0.5) is 13.2 Å². The molecule has 1 N–H and O–H groups in total. The Labute approximate surface area is 181 Å². The molecule has 3 aromatic rings. The van der Waals surface area contributed by atoms with E-state index in [1.165, 1.54) is 17.7 Å². The van der Waals surface area contributed by atoms with E-state index in [9.17, 15) is 18.0 Å². The Kier molecular flexibility index (Phi) is 6.84. The van der Waals surface area contributed by atoms with E-state index in [0.717, 1.165) is 24.1 Å². The van der Waals surface area contributed by atoms with Gasteiger partial charge in [-0.05, 0) is 59.7 Å². The van der Waals surface area contributed by atoms with E-state index in [0.29, 0.717) is 22.6 Å². The number of halogens is 3. The number of alkyl halides is 3. The van der Waals surface area contributed by atoms with Crippen LogP contribution in [-0.2, 0) is 12.6 Å². The van der Waals surface area contributed by atoms with Crippen molar-refractivity contribution in [3.8, 4) is 11.1 Å². The lowest BCUT2D eigenvalue weighted by atomic mass is 9.97. The van der Waals surface area contributed by atoms with E-state index in [4.69, 9.17) is 0 Å². The highest BCUT2D eigenvalue weighted by Gasteiger charge is 2.30. The molecule has 5 heteroatoms. The van der Waals surface area contributed by atoms with Crippen molar-refractivity contribution in [1.82, 2.24) is 5.32 Å². The first kappa shape index (κ1) is 22.6. The van der Waals surface area contributed by atoms with Crippen molar-refractivity contribution in [3.05, 3.63) is 95.1 Å². The molecule has 162 valence electrons. The normalized spacial score (nSPS) is 12.6. The summed E-state index contributed by atoms with van der Waals surface area (Å²) in [6.45, 7) is 6.26. The maximum Gasteiger partial charge on any atom is 0.416 e. The summed E-state index contributed by atoms with van der Waals surface area (Å²) in [7, 11) is 0. The molecule has 1 unspecified atom stereocenters. The van der Waals surface area contributed by atoms with Gasteiger partial charge >= 0.3 is 6.18 Å². The first-order chi connectivity index (χ1) is 14.6. The second-order valence-corrected chi connectivity index (χ2v) is 8.16. The Hall–Kier alpha value is -3.08. The second kappa shape index (κ2) is 9.38. The van der Waals surface area contributed by atoms with Gasteiger partial charge in [0.1, 0.15) is 0 Å². The van der Waals surface area contributed by atoms with Gasteiger partial charge in [-0.25, -0.2) is 0 Å². The molecule has 2 nitrogen and oxygen atoms in total. The topological polar surface area (TPSA) is 29.1 Å². The van der Waals surface area contributed by atoms with E-state index in [1.54, 1.807) is 24.3 Å². The number of nitrogens with one attached hydrogen (secondary N) is 1. The smallest absolute Gasteiger partial charge is 0.345 e. The highest BCUT2D eigenvalue weighted by molar-refractivity contribution is 6.01. The van der Waals surface area contributed by atoms with Crippen LogP contribution in [0.3, 0.4) is 0 Å². The van der Waals surface area contributed by atoms with Gasteiger partial charge in [-0.15, -0.1) is 0 Å². The van der Waals surface area contributed by atoms with Crippen molar-refractivity contribution in [2.24, 2.45) is 5.92 Å². The molecule has 31 heavy (non-hydrogen) atoms. The minimum Gasteiger partial charge on any atom is -0.345 e. The molecule has 0 saturated carbocycles. The van der Waals surface area contributed by atoms with Crippen LogP contribution in [0.1, 0.15) is 53.9 Å². The van der Waals surface area contributed by atoms with Crippen molar-refractivity contribution in [3.63, 3.8) is 0 Å². The van der Waals surface area contributed by atoms with Crippen LogP contribution in [0, 0.1) is 5.92 Å². The molecule has 3 aromatic carbocycles. The third-order valence-corrected chi connectivity index (χ3v) is 5.17. The van der Waals surface area contributed by atoms with Crippen LogP contribution in [-0.4, -0.2) is 5.91 Å². The van der Waals surface area contributed by atoms with Crippen molar-refractivity contribution in [1.29, 1.82) is 0 Å². The maximum atomic E-state index is 13.0. The van der Waals surface area contributed by atoms with Gasteiger partial charge < -0.3 is 5.32 Å². The van der Waals surface area contributed by atoms with Gasteiger partial charge in [0.05, 0.1) is 11.6 Å². The van der Waals surface area contributed by atoms with Crippen LogP contribution >= 0.6 is 0 Å². The van der Waals surface area contributed by atoms with Gasteiger partial charge in [0.15, 0.2) is 0 Å². The molecule has 0 aliphatic rings. The van der Waals surface area contributed by atoms with Gasteiger partial charge in [0, 0.05) is 5.56 Å². The number of amides is 1. The lowest BCUT2D eigenvalue weighted by Gasteiger charge is -2.17. The fourth-order valence-corrected chi connectivity index (χ4v) is 3.54. The van der Waals surface area contributed by atoms with Crippen molar-refractivity contribution in [2.45, 2.75) is 39.4 Å². The molecule has 0 heterocycles. The van der Waals surface area contributed by atoms with E-state index in [1.807, 2.05) is 19.1 Å². The van der Waals surface area contributed by atoms with E-state index >= 15 is 0 Å². The monoisotopic (exact) mass is 425 g/mol. The van der Waals surface area contributed by atoms with E-state index in [-0.39, 0.29) is 11.9 Å². The summed E-state index contributed by atoms with van der Waals surface area (Å²) in [4.78, 5) is 13.0. The minimum atomic E-state index is -4.39. The zero-order valence-electron chi connectivity index (χ0n) is 17.8. The molecular formula is C26H26F3NO. The molecule has 0 radical (unpaired) electrons. The molecule has 1 amide bonds. The zero-order chi connectivity index (χ0) is 22.6. The van der Waals surface area contributed by atoms with Crippen molar-refractivity contribution in [2.75, 3.05) is 0 Å². The highest BCUT2D eigenvalue weighted by Crippen LogP contribution is 2.32. The van der Waals surface area contributed by atoms with Gasteiger partial charge in [-0.1, -0.05) is 68.4 Å². The summed E-state index contributed by atoms with van der Waals surface area (Å²) in [6, 6.07) is 19.8. The molecule has 0 saturated heterocycles. The number of carbonyl (C=O) groups excluding carboxylic acids is 1. The Bertz CT molecular complexity index is 1020. The van der Waals surface area contributed by atoms with Crippen LogP contribution in [0.2, 0.25) is 0 Å². The van der Waals surface area contributed by atoms with Crippen molar-refractivity contribution >= 4 is 5.91 Å². The molecule has 0 fully saturated rings. The maximum absolute atomic E-state index is 13.0. The number of benzene rings is 3. The quantitative estimate of drug-likeness (QED) is 0.450. The van der Waals surface area contributed by atoms with Gasteiger partial charge in [-0.2, -0.15) is 13.2 Å². The Morgan fingerprint density at radius 1 is 0.871 bits per heavy atom. The molecule has 1 atom stereocenters. The van der Waals surface area contributed by atoms with Crippen LogP contribution in [0.25, 0.3) is 11.1 Å². The van der Waals surface area contributed by atoms with Crippen LogP contribution < -0.4 is 5.32 Å². The number of hydrogen-bond acceptors (Lipinski definition) is 1. The van der Waals surface area contributed by atoms with Crippen LogP contribution in [0.5, 0.6) is 0 Å². The SMILES string of the molecule is CC(C)Cc1ccc(C(C)NC(=O)c2ccccc2-c2ccc(C(F)(F)F)cc2)cc1. The predicted octanol–water partition coefficient (Wildman–Crippen LogP) is 7.06. The average Bonchev–Trinajstić information content (AvgIpc) is 2.73. The van der Waals surface area contributed by atoms with Crippen molar-refractivity contribution < 1.29 is 18.0 Å². The van der Waals surface area contributed by atoms with E-state index in [2.05, 4.69) is 31.3 Å². The average molecular weight is 425 g/mol. The summed E-state index contributed by atoms with van der Waals surface area (Å²) in [5.41, 5.74) is 3.11. The van der Waals surface area contributed by atoms with Gasteiger partial charge in [0.25, 0.3) is 5.91 Å². The molecule has 3 rings (SSSR count). The summed E-state index contributed by atoms with van der Waals surface area (Å²) in [6.07, 6.45) is -3.39. The molecular weight excluding hydrogens is 399 g/mol. The van der Waals surface area contributed by atoms with Crippen LogP contribution in [0.15, 0.2) is 72.8 Å². The molecule has 0 aliphatic carbocycles. The predicted molar refractivity (Wildman–Crippen MR) is 118 cm³/mol. The Morgan fingerprint density at radius 2 is 1.48 bits per heavy atom. The summed E-state index contributed by atoms with van der Waals surface area (Å²) < 4.78 is 38.6. The fraction of sp³-hybridized carbons (Fsp3) is 0.269. The number of carbonyl (C=O) groups is 1. The Balaban J connectivity index is 1.78. The molecule has 0 spiro atoms. The minimum absolute atomic E-state index is 0.207. The summed E-state index contributed by atoms with van der Waals surface area (Å²) in [5.74, 6) is 0.305. The van der Waals surface area contributed by atoms with Gasteiger partial charge in [-0.3, -0.25) is 4.79 Å². The molecule has 0 aromatic heterocycles. The van der Waals surface area contributed by atoms with E-state index < -0.39 is 11.7 Å². The Morgan fingerprint density at radius 3 is 2.06 bits per heavy atom. The first-order valence-electron chi connectivity index (χ1n) is 10.3. The lowest BCUT2D eigenvalue weighted by molar-refractivity contribution is -0.137. The second-order valence-electron chi connectivity index (χ2n) is 8.16. The summed E-state index contributed by atoms with van der Waals surface area (Å²) in [5, 5.41) is 3.00. The molecule has 0 bridgehead atoms. The largest absolute Gasteiger partial charge is 0.416 e. The fourth-order valence-electron chi connectivity index (χ4n) is 3.54. The first-order valence-corrected chi connectivity index (χ1v) is 10.3. The lowest BCUT2D eigenvalue weighted by Crippen LogP contribution is -2.27.